The molecule has 0 aromatic heterocycles. The van der Waals surface area contributed by atoms with Crippen LogP contribution >= 0.6 is 0 Å². The molecule has 242 valence electrons. The largest absolute Gasteiger partial charge is 0.491 e. The Hall–Kier alpha value is -2.46. The van der Waals surface area contributed by atoms with E-state index in [1.54, 1.807) is 36.4 Å². The molecule has 0 bridgehead atoms. The first-order chi connectivity index (χ1) is 21.0. The lowest BCUT2D eigenvalue weighted by molar-refractivity contribution is -0.0218. The molecule has 0 radical (unpaired) electrons. The van der Waals surface area contributed by atoms with Gasteiger partial charge in [-0.3, -0.25) is 8.98 Å². The highest BCUT2D eigenvalue weighted by atomic mass is 32.2. The minimum Gasteiger partial charge on any atom is -0.491 e. The highest BCUT2D eigenvalue weighted by Gasteiger charge is 2.14. The lowest BCUT2D eigenvalue weighted by Crippen LogP contribution is -2.15. The molecule has 43 heavy (non-hydrogen) atoms. The van der Waals surface area contributed by atoms with Gasteiger partial charge in [-0.05, 0) is 43.3 Å². The fraction of sp³-hybridized carbons (Fsp3) is 0.567. The number of carbonyl (C=O) groups is 1. The first-order valence-corrected chi connectivity index (χ1v) is 15.6. The van der Waals surface area contributed by atoms with E-state index < -0.39 is 10.1 Å². The summed E-state index contributed by atoms with van der Waals surface area (Å²) in [6.45, 7) is 8.11. The maximum atomic E-state index is 12.1. The van der Waals surface area contributed by atoms with E-state index in [4.69, 9.17) is 42.1 Å². The minimum absolute atomic E-state index is 0.0616. The third-order valence-electron chi connectivity index (χ3n) is 5.52. The summed E-state index contributed by atoms with van der Waals surface area (Å²) in [6.07, 6.45) is 0.791. The second kappa shape index (κ2) is 23.9. The van der Waals surface area contributed by atoms with Crippen LogP contribution in [0.1, 0.15) is 15.9 Å². The summed E-state index contributed by atoms with van der Waals surface area (Å²) in [7, 11) is -3.77. The number of benzene rings is 2. The summed E-state index contributed by atoms with van der Waals surface area (Å²) in [4.78, 5) is 10.7. The maximum absolute atomic E-state index is 12.1. The third kappa shape index (κ3) is 18.7. The Kier molecular flexibility index (Phi) is 20.4. The highest BCUT2D eigenvalue weighted by molar-refractivity contribution is 7.86. The molecule has 0 aliphatic heterocycles. The SMILES string of the molecule is Cc1ccc(S(=O)(=O)OCCOCCOCCOCCOCCOCCOCCOCCOc2ccc(C=O)cc2)cc1. The number of hydrogen-bond donors (Lipinski definition) is 0. The van der Waals surface area contributed by atoms with Crippen LogP contribution < -0.4 is 4.74 Å². The second-order valence-electron chi connectivity index (χ2n) is 8.91. The molecule has 0 atom stereocenters. The Morgan fingerprint density at radius 1 is 0.512 bits per heavy atom. The lowest BCUT2D eigenvalue weighted by atomic mass is 10.2. The van der Waals surface area contributed by atoms with Gasteiger partial charge in [-0.1, -0.05) is 17.7 Å². The smallest absolute Gasteiger partial charge is 0.297 e. The first kappa shape index (κ1) is 36.7. The zero-order valence-corrected chi connectivity index (χ0v) is 25.6. The molecule has 0 saturated heterocycles. The molecule has 0 saturated carbocycles. The summed E-state index contributed by atoms with van der Waals surface area (Å²) in [5.41, 5.74) is 1.58. The van der Waals surface area contributed by atoms with E-state index >= 15 is 0 Å². The van der Waals surface area contributed by atoms with Crippen molar-refractivity contribution in [3.63, 3.8) is 0 Å². The minimum atomic E-state index is -3.77. The van der Waals surface area contributed by atoms with Crippen molar-refractivity contribution < 1.29 is 55.3 Å². The van der Waals surface area contributed by atoms with Crippen LogP contribution in [0.4, 0.5) is 0 Å². The highest BCUT2D eigenvalue weighted by Crippen LogP contribution is 2.13. The number of aryl methyl sites for hydroxylation is 1. The molecule has 0 fully saturated rings. The van der Waals surface area contributed by atoms with Crippen molar-refractivity contribution in [3.8, 4) is 5.75 Å². The van der Waals surface area contributed by atoms with Gasteiger partial charge in [-0.25, -0.2) is 0 Å². The van der Waals surface area contributed by atoms with Crippen LogP contribution in [-0.2, 0) is 47.5 Å². The van der Waals surface area contributed by atoms with Gasteiger partial charge in [0.25, 0.3) is 10.1 Å². The van der Waals surface area contributed by atoms with Gasteiger partial charge in [0.15, 0.2) is 0 Å². The van der Waals surface area contributed by atoms with Crippen molar-refractivity contribution in [1.29, 1.82) is 0 Å². The van der Waals surface area contributed by atoms with Crippen molar-refractivity contribution in [1.82, 2.24) is 0 Å². The van der Waals surface area contributed by atoms with Crippen molar-refractivity contribution in [3.05, 3.63) is 59.7 Å². The molecule has 0 spiro atoms. The fourth-order valence-electron chi connectivity index (χ4n) is 3.26. The number of rotatable bonds is 28. The zero-order chi connectivity index (χ0) is 30.9. The van der Waals surface area contributed by atoms with Gasteiger partial charge in [-0.2, -0.15) is 8.42 Å². The predicted octanol–water partition coefficient (Wildman–Crippen LogP) is 2.71. The Labute approximate surface area is 254 Å². The number of ether oxygens (including phenoxy) is 8. The molecule has 0 aliphatic carbocycles. The van der Waals surface area contributed by atoms with E-state index in [0.717, 1.165) is 11.8 Å². The van der Waals surface area contributed by atoms with Crippen LogP contribution in [0.25, 0.3) is 0 Å². The van der Waals surface area contributed by atoms with Crippen molar-refractivity contribution in [2.45, 2.75) is 11.8 Å². The van der Waals surface area contributed by atoms with Gasteiger partial charge in [-0.15, -0.1) is 0 Å². The third-order valence-corrected chi connectivity index (χ3v) is 6.85. The normalized spacial score (nSPS) is 11.6. The molecule has 2 rings (SSSR count). The van der Waals surface area contributed by atoms with E-state index in [1.807, 2.05) is 6.92 Å². The van der Waals surface area contributed by atoms with E-state index in [0.29, 0.717) is 104 Å². The summed E-state index contributed by atoms with van der Waals surface area (Å²) in [6, 6.07) is 13.4. The predicted molar refractivity (Wildman–Crippen MR) is 157 cm³/mol. The fourth-order valence-corrected chi connectivity index (χ4v) is 4.15. The maximum Gasteiger partial charge on any atom is 0.297 e. The van der Waals surface area contributed by atoms with Crippen molar-refractivity contribution in [2.24, 2.45) is 0 Å². The van der Waals surface area contributed by atoms with Crippen LogP contribution in [0, 0.1) is 6.92 Å². The van der Waals surface area contributed by atoms with Gasteiger partial charge in [0, 0.05) is 5.56 Å². The average Bonchev–Trinajstić information content (AvgIpc) is 3.01. The standard InChI is InChI=1S/C30H44O12S/c1-27-2-8-30(9-3-27)43(32,33)42-25-23-40-21-19-38-17-15-36-13-11-34-10-12-35-14-16-37-18-20-39-22-24-41-29-6-4-28(26-31)5-7-29/h2-9,26H,10-25H2,1H3. The van der Waals surface area contributed by atoms with Crippen LogP contribution in [0.2, 0.25) is 0 Å². The quantitative estimate of drug-likeness (QED) is 0.0779. The summed E-state index contributed by atoms with van der Waals surface area (Å²) < 4.78 is 72.6. The Morgan fingerprint density at radius 2 is 0.884 bits per heavy atom. The van der Waals surface area contributed by atoms with Gasteiger partial charge >= 0.3 is 0 Å². The molecular weight excluding hydrogens is 584 g/mol. The van der Waals surface area contributed by atoms with Crippen LogP contribution in [0.3, 0.4) is 0 Å². The zero-order valence-electron chi connectivity index (χ0n) is 24.8. The first-order valence-electron chi connectivity index (χ1n) is 14.2. The van der Waals surface area contributed by atoms with Gasteiger partial charge in [0.2, 0.25) is 0 Å². The molecule has 12 nitrogen and oxygen atoms in total. The number of hydrogen-bond acceptors (Lipinski definition) is 12. The summed E-state index contributed by atoms with van der Waals surface area (Å²) in [5.74, 6) is 0.695. The average molecular weight is 629 g/mol. The van der Waals surface area contributed by atoms with E-state index in [9.17, 15) is 13.2 Å². The van der Waals surface area contributed by atoms with Gasteiger partial charge in [0.05, 0.1) is 104 Å². The molecule has 0 aliphatic rings. The molecule has 0 N–H and O–H groups in total. The van der Waals surface area contributed by atoms with Gasteiger partial charge in [0.1, 0.15) is 18.6 Å². The lowest BCUT2D eigenvalue weighted by Gasteiger charge is -2.09. The molecule has 13 heteroatoms. The van der Waals surface area contributed by atoms with E-state index in [2.05, 4.69) is 0 Å². The molecule has 0 amide bonds. The van der Waals surface area contributed by atoms with Crippen molar-refractivity contribution in [2.75, 3.05) is 106 Å². The van der Waals surface area contributed by atoms with Crippen LogP contribution in [0.5, 0.6) is 5.75 Å². The molecular formula is C30H44O12S. The molecule has 0 unspecified atom stereocenters. The van der Waals surface area contributed by atoms with Crippen molar-refractivity contribution >= 4 is 16.4 Å². The second-order valence-corrected chi connectivity index (χ2v) is 10.5. The van der Waals surface area contributed by atoms with Crippen LogP contribution in [-0.4, -0.2) is 120 Å². The monoisotopic (exact) mass is 628 g/mol. The topological polar surface area (TPSA) is 134 Å². The van der Waals surface area contributed by atoms with E-state index in [-0.39, 0.29) is 18.1 Å². The molecule has 2 aromatic carbocycles. The Balaban J connectivity index is 1.23. The Bertz CT molecular complexity index is 1060. The molecule has 0 heterocycles. The summed E-state index contributed by atoms with van der Waals surface area (Å²) in [5, 5.41) is 0. The van der Waals surface area contributed by atoms with E-state index in [1.165, 1.54) is 12.1 Å². The van der Waals surface area contributed by atoms with Gasteiger partial charge < -0.3 is 37.9 Å². The van der Waals surface area contributed by atoms with Crippen LogP contribution in [0.15, 0.2) is 53.4 Å². The number of carbonyl (C=O) groups excluding carboxylic acids is 1. The number of aldehydes is 1. The summed E-state index contributed by atoms with van der Waals surface area (Å²) >= 11 is 0. The molecule has 2 aromatic rings. The Morgan fingerprint density at radius 3 is 1.28 bits per heavy atom.